The first-order valence-corrected chi connectivity index (χ1v) is 9.47. The molecule has 6 nitrogen and oxygen atoms in total. The molecule has 24 heavy (non-hydrogen) atoms. The van der Waals surface area contributed by atoms with Crippen molar-refractivity contribution in [1.82, 2.24) is 4.98 Å². The number of amides is 1. The van der Waals surface area contributed by atoms with Crippen molar-refractivity contribution < 1.29 is 13.2 Å². The summed E-state index contributed by atoms with van der Waals surface area (Å²) >= 11 is 0. The molecule has 1 aromatic heterocycles. The fourth-order valence-corrected chi connectivity index (χ4v) is 3.99. The molecule has 0 spiro atoms. The molecule has 126 valence electrons. The predicted molar refractivity (Wildman–Crippen MR) is 93.8 cm³/mol. The highest BCUT2D eigenvalue weighted by Crippen LogP contribution is 2.31. The topological polar surface area (TPSA) is 79.4 Å². The van der Waals surface area contributed by atoms with Crippen molar-refractivity contribution in [3.8, 4) is 0 Å². The van der Waals surface area contributed by atoms with Crippen molar-refractivity contribution in [3.63, 3.8) is 0 Å². The van der Waals surface area contributed by atoms with Crippen LogP contribution in [0.2, 0.25) is 0 Å². The van der Waals surface area contributed by atoms with E-state index in [0.29, 0.717) is 23.5 Å². The highest BCUT2D eigenvalue weighted by Gasteiger charge is 2.26. The monoisotopic (exact) mass is 345 g/mol. The quantitative estimate of drug-likeness (QED) is 0.923. The summed E-state index contributed by atoms with van der Waals surface area (Å²) in [7, 11) is -3.27. The van der Waals surface area contributed by atoms with Gasteiger partial charge in [-0.3, -0.25) is 14.1 Å². The lowest BCUT2D eigenvalue weighted by Crippen LogP contribution is -2.36. The highest BCUT2D eigenvalue weighted by molar-refractivity contribution is 7.92. The molecule has 0 aliphatic carbocycles. The predicted octanol–water partition coefficient (Wildman–Crippen LogP) is 2.44. The number of sulfonamides is 1. The zero-order valence-electron chi connectivity index (χ0n) is 13.4. The highest BCUT2D eigenvalue weighted by atomic mass is 32.2. The molecule has 7 heteroatoms. The maximum absolute atomic E-state index is 12.2. The van der Waals surface area contributed by atoms with Crippen LogP contribution in [0.4, 0.5) is 11.4 Å². The van der Waals surface area contributed by atoms with E-state index in [1.807, 2.05) is 6.07 Å². The molecule has 1 aliphatic heterocycles. The molecular formula is C17H19N3O3S. The van der Waals surface area contributed by atoms with Crippen LogP contribution in [-0.4, -0.2) is 31.6 Å². The number of aryl methyl sites for hydroxylation is 1. The van der Waals surface area contributed by atoms with Crippen LogP contribution in [0.1, 0.15) is 29.3 Å². The van der Waals surface area contributed by atoms with E-state index in [2.05, 4.69) is 10.3 Å². The minimum Gasteiger partial charge on any atom is -0.322 e. The van der Waals surface area contributed by atoms with Gasteiger partial charge in [0, 0.05) is 30.2 Å². The van der Waals surface area contributed by atoms with Crippen LogP contribution in [0.5, 0.6) is 0 Å². The Morgan fingerprint density at radius 3 is 2.71 bits per heavy atom. The van der Waals surface area contributed by atoms with Gasteiger partial charge in [-0.1, -0.05) is 0 Å². The molecule has 0 bridgehead atoms. The van der Waals surface area contributed by atoms with Gasteiger partial charge in [-0.25, -0.2) is 8.42 Å². The first kappa shape index (κ1) is 16.4. The average Bonchev–Trinajstić information content (AvgIpc) is 2.61. The molecule has 0 radical (unpaired) electrons. The molecule has 0 fully saturated rings. The van der Waals surface area contributed by atoms with Crippen LogP contribution in [0.15, 0.2) is 42.7 Å². The summed E-state index contributed by atoms with van der Waals surface area (Å²) in [6, 6.07) is 8.64. The molecule has 0 saturated carbocycles. The van der Waals surface area contributed by atoms with Crippen molar-refractivity contribution in [3.05, 3.63) is 53.9 Å². The van der Waals surface area contributed by atoms with Gasteiger partial charge in [0.25, 0.3) is 5.91 Å². The van der Waals surface area contributed by atoms with Gasteiger partial charge in [0.05, 0.1) is 11.4 Å². The molecule has 0 atom stereocenters. The van der Waals surface area contributed by atoms with E-state index >= 15 is 0 Å². The van der Waals surface area contributed by atoms with Crippen molar-refractivity contribution in [2.24, 2.45) is 0 Å². The summed E-state index contributed by atoms with van der Waals surface area (Å²) in [5, 5.41) is 2.84. The molecule has 2 heterocycles. The van der Waals surface area contributed by atoms with Gasteiger partial charge in [0.2, 0.25) is 10.0 Å². The Kier molecular flexibility index (Phi) is 4.53. The maximum Gasteiger partial charge on any atom is 0.255 e. The van der Waals surface area contributed by atoms with Gasteiger partial charge >= 0.3 is 0 Å². The summed E-state index contributed by atoms with van der Waals surface area (Å²) in [5.74, 6) is -0.140. The average molecular weight is 345 g/mol. The van der Waals surface area contributed by atoms with E-state index in [-0.39, 0.29) is 11.7 Å². The fraction of sp³-hybridized carbons (Fsp3) is 0.294. The molecule has 1 amide bonds. The number of aromatic nitrogens is 1. The Bertz CT molecular complexity index is 851. The van der Waals surface area contributed by atoms with Crippen LogP contribution >= 0.6 is 0 Å². The lowest BCUT2D eigenvalue weighted by molar-refractivity contribution is 0.102. The first-order valence-electron chi connectivity index (χ1n) is 7.86. The van der Waals surface area contributed by atoms with Crippen molar-refractivity contribution in [2.75, 3.05) is 21.9 Å². The minimum absolute atomic E-state index is 0.0764. The minimum atomic E-state index is -3.27. The summed E-state index contributed by atoms with van der Waals surface area (Å²) in [6.45, 7) is 2.15. The molecule has 1 N–H and O–H groups in total. The number of carbonyl (C=O) groups is 1. The van der Waals surface area contributed by atoms with Crippen molar-refractivity contribution in [2.45, 2.75) is 19.8 Å². The number of nitrogens with one attached hydrogen (secondary N) is 1. The lowest BCUT2D eigenvalue weighted by Gasteiger charge is -2.30. The third-order valence-corrected chi connectivity index (χ3v) is 5.84. The number of fused-ring (bicyclic) bond motifs is 1. The van der Waals surface area contributed by atoms with Crippen molar-refractivity contribution in [1.29, 1.82) is 0 Å². The van der Waals surface area contributed by atoms with E-state index in [4.69, 9.17) is 0 Å². The summed E-state index contributed by atoms with van der Waals surface area (Å²) in [4.78, 5) is 16.1. The SMILES string of the molecule is CCS(=O)(=O)N1CCCc2cc(NC(=O)c3ccncc3)ccc21. The Hall–Kier alpha value is -2.41. The zero-order valence-corrected chi connectivity index (χ0v) is 14.2. The number of pyridine rings is 1. The van der Waals surface area contributed by atoms with E-state index in [1.54, 1.807) is 43.6 Å². The molecular weight excluding hydrogens is 326 g/mol. The Labute approximate surface area is 141 Å². The standard InChI is InChI=1S/C17H19N3O3S/c1-2-24(22,23)20-11-3-4-14-12-15(5-6-16(14)20)19-17(21)13-7-9-18-10-8-13/h5-10,12H,2-4,11H2,1H3,(H,19,21). The number of hydrogen-bond donors (Lipinski definition) is 1. The summed E-state index contributed by atoms with van der Waals surface area (Å²) < 4.78 is 25.9. The Morgan fingerprint density at radius 2 is 2.00 bits per heavy atom. The largest absolute Gasteiger partial charge is 0.322 e. The van der Waals surface area contributed by atoms with E-state index < -0.39 is 10.0 Å². The molecule has 0 unspecified atom stereocenters. The van der Waals surface area contributed by atoms with Gasteiger partial charge in [0.1, 0.15) is 0 Å². The molecule has 2 aromatic rings. The molecule has 0 saturated heterocycles. The van der Waals surface area contributed by atoms with Crippen LogP contribution in [0.25, 0.3) is 0 Å². The van der Waals surface area contributed by atoms with Crippen LogP contribution in [0.3, 0.4) is 0 Å². The van der Waals surface area contributed by atoms with E-state index in [9.17, 15) is 13.2 Å². The van der Waals surface area contributed by atoms with Gasteiger partial charge in [0.15, 0.2) is 0 Å². The van der Waals surface area contributed by atoms with E-state index in [1.165, 1.54) is 4.31 Å². The Balaban J connectivity index is 1.85. The number of hydrogen-bond acceptors (Lipinski definition) is 4. The number of carbonyl (C=O) groups excluding carboxylic acids is 1. The molecule has 1 aromatic carbocycles. The molecule has 3 rings (SSSR count). The fourth-order valence-electron chi connectivity index (χ4n) is 2.79. The van der Waals surface area contributed by atoms with Gasteiger partial charge in [-0.2, -0.15) is 0 Å². The zero-order chi connectivity index (χ0) is 17.2. The second-order valence-corrected chi connectivity index (χ2v) is 7.79. The van der Waals surface area contributed by atoms with Crippen LogP contribution in [0, 0.1) is 0 Å². The summed E-state index contributed by atoms with van der Waals surface area (Å²) in [6.07, 6.45) is 4.70. The number of benzene rings is 1. The van der Waals surface area contributed by atoms with Gasteiger partial charge in [-0.15, -0.1) is 0 Å². The normalized spacial score (nSPS) is 14.1. The second kappa shape index (κ2) is 6.60. The number of anilines is 2. The molecule has 1 aliphatic rings. The van der Waals surface area contributed by atoms with Gasteiger partial charge in [-0.05, 0) is 55.7 Å². The van der Waals surface area contributed by atoms with E-state index in [0.717, 1.165) is 18.4 Å². The lowest BCUT2D eigenvalue weighted by atomic mass is 10.0. The third-order valence-electron chi connectivity index (χ3n) is 4.06. The van der Waals surface area contributed by atoms with Crippen molar-refractivity contribution >= 4 is 27.3 Å². The number of nitrogens with zero attached hydrogens (tertiary/aromatic N) is 2. The smallest absolute Gasteiger partial charge is 0.255 e. The third kappa shape index (κ3) is 3.26. The second-order valence-electron chi connectivity index (χ2n) is 5.61. The maximum atomic E-state index is 12.2. The van der Waals surface area contributed by atoms with Crippen LogP contribution in [-0.2, 0) is 16.4 Å². The summed E-state index contributed by atoms with van der Waals surface area (Å²) in [5.41, 5.74) is 2.83. The van der Waals surface area contributed by atoms with Crippen LogP contribution < -0.4 is 9.62 Å². The Morgan fingerprint density at radius 1 is 1.25 bits per heavy atom. The van der Waals surface area contributed by atoms with Gasteiger partial charge < -0.3 is 5.32 Å². The number of rotatable bonds is 4. The first-order chi connectivity index (χ1) is 11.5.